The molecule has 0 spiro atoms. The van der Waals surface area contributed by atoms with Gasteiger partial charge in [0.2, 0.25) is 0 Å². The normalized spacial score (nSPS) is 12.2. The molecule has 0 bridgehead atoms. The van der Waals surface area contributed by atoms with Crippen LogP contribution in [0.4, 0.5) is 26.3 Å². The number of ether oxygens (including phenoxy) is 1. The molecule has 1 heterocycles. The van der Waals surface area contributed by atoms with Crippen molar-refractivity contribution >= 4 is 12.1 Å². The molecule has 0 radical (unpaired) electrons. The Labute approximate surface area is 184 Å². The largest absolute Gasteiger partial charge is 0.573 e. The number of rotatable bonds is 5. The highest BCUT2D eigenvalue weighted by atomic mass is 19.4. The minimum atomic E-state index is -4.97. The minimum absolute atomic E-state index is 0.293. The van der Waals surface area contributed by atoms with E-state index in [9.17, 15) is 31.1 Å². The van der Waals surface area contributed by atoms with Gasteiger partial charge in [-0.05, 0) is 50.2 Å². The average molecular weight is 469 g/mol. The van der Waals surface area contributed by atoms with E-state index in [1.165, 1.54) is 30.5 Å². The monoisotopic (exact) mass is 469 g/mol. The molecule has 0 fully saturated rings. The molecule has 0 saturated carbocycles. The van der Waals surface area contributed by atoms with Crippen molar-refractivity contribution in [3.8, 4) is 11.4 Å². The zero-order valence-electron chi connectivity index (χ0n) is 17.3. The number of carbonyl (C=O) groups is 1. The Bertz CT molecular complexity index is 1200. The highest BCUT2D eigenvalue weighted by Crippen LogP contribution is 2.31. The number of hydrazone groups is 1. The third kappa shape index (κ3) is 5.73. The Balaban J connectivity index is 1.81. The van der Waals surface area contributed by atoms with E-state index < -0.39 is 29.8 Å². The van der Waals surface area contributed by atoms with Crippen LogP contribution in [0.3, 0.4) is 0 Å². The molecule has 174 valence electrons. The molecule has 1 amide bonds. The number of aromatic nitrogens is 1. The summed E-state index contributed by atoms with van der Waals surface area (Å²) < 4.78 is 82.2. The highest BCUT2D eigenvalue weighted by molar-refractivity contribution is 5.97. The number of aryl methyl sites for hydroxylation is 1. The van der Waals surface area contributed by atoms with E-state index in [4.69, 9.17) is 0 Å². The lowest BCUT2D eigenvalue weighted by molar-refractivity contribution is -0.274. The predicted molar refractivity (Wildman–Crippen MR) is 108 cm³/mol. The summed E-state index contributed by atoms with van der Waals surface area (Å²) in [6.45, 7) is 3.34. The Morgan fingerprint density at radius 2 is 1.70 bits per heavy atom. The second-order valence-electron chi connectivity index (χ2n) is 6.95. The fourth-order valence-corrected chi connectivity index (χ4v) is 3.23. The van der Waals surface area contributed by atoms with E-state index in [1.54, 1.807) is 24.5 Å². The maximum Gasteiger partial charge on any atom is 0.573 e. The smallest absolute Gasteiger partial charge is 0.405 e. The number of alkyl halides is 6. The first-order valence-corrected chi connectivity index (χ1v) is 9.41. The summed E-state index contributed by atoms with van der Waals surface area (Å²) in [5.41, 5.74) is 2.90. The number of para-hydroxylation sites is 1. The van der Waals surface area contributed by atoms with Gasteiger partial charge < -0.3 is 9.30 Å². The number of carbonyl (C=O) groups excluding carboxylic acids is 1. The first kappa shape index (κ1) is 23.9. The van der Waals surface area contributed by atoms with Crippen LogP contribution in [0.15, 0.2) is 59.7 Å². The number of hydrogen-bond donors (Lipinski definition) is 1. The van der Waals surface area contributed by atoms with E-state index in [2.05, 4.69) is 15.3 Å². The van der Waals surface area contributed by atoms with Gasteiger partial charge in [-0.1, -0.05) is 18.2 Å². The molecule has 0 aliphatic heterocycles. The summed E-state index contributed by atoms with van der Waals surface area (Å²) in [5, 5.41) is 3.77. The average Bonchev–Trinajstić information content (AvgIpc) is 2.99. The topological polar surface area (TPSA) is 55.6 Å². The fraction of sp³-hybridized carbons (Fsp3) is 0.182. The van der Waals surface area contributed by atoms with Gasteiger partial charge in [0.25, 0.3) is 5.91 Å². The molecule has 0 aliphatic rings. The van der Waals surface area contributed by atoms with Crippen LogP contribution in [0.25, 0.3) is 5.69 Å². The number of nitrogens with one attached hydrogen (secondary N) is 1. The minimum Gasteiger partial charge on any atom is -0.405 e. The van der Waals surface area contributed by atoms with Crippen molar-refractivity contribution in [3.63, 3.8) is 0 Å². The van der Waals surface area contributed by atoms with E-state index in [0.29, 0.717) is 22.6 Å². The zero-order chi connectivity index (χ0) is 24.4. The van der Waals surface area contributed by atoms with Gasteiger partial charge in [0.1, 0.15) is 5.75 Å². The van der Waals surface area contributed by atoms with Gasteiger partial charge in [-0.25, -0.2) is 5.43 Å². The van der Waals surface area contributed by atoms with Crippen molar-refractivity contribution < 1.29 is 35.9 Å². The molecule has 1 N–H and O–H groups in total. The van der Waals surface area contributed by atoms with Crippen LogP contribution in [-0.4, -0.2) is 23.1 Å². The molecule has 0 unspecified atom stereocenters. The number of hydrogen-bond acceptors (Lipinski definition) is 3. The predicted octanol–water partition coefficient (Wildman–Crippen LogP) is 5.78. The summed E-state index contributed by atoms with van der Waals surface area (Å²) in [7, 11) is 0. The molecule has 0 aliphatic carbocycles. The third-order valence-electron chi connectivity index (χ3n) is 4.63. The summed E-state index contributed by atoms with van der Waals surface area (Å²) >= 11 is 0. The van der Waals surface area contributed by atoms with Crippen LogP contribution in [0.1, 0.15) is 32.9 Å². The molecule has 2 aromatic carbocycles. The Hall–Kier alpha value is -3.76. The highest BCUT2D eigenvalue weighted by Gasteiger charge is 2.33. The summed E-state index contributed by atoms with van der Waals surface area (Å²) in [4.78, 5) is 12.3. The molecule has 1 aromatic heterocycles. The molecular weight excluding hydrogens is 452 g/mol. The van der Waals surface area contributed by atoms with E-state index in [1.807, 2.05) is 0 Å². The molecule has 11 heteroatoms. The van der Waals surface area contributed by atoms with Crippen LogP contribution in [0, 0.1) is 13.8 Å². The molecule has 0 atom stereocenters. The van der Waals surface area contributed by atoms with Crippen molar-refractivity contribution in [2.45, 2.75) is 26.4 Å². The summed E-state index contributed by atoms with van der Waals surface area (Å²) in [6, 6.07) is 11.2. The molecule has 33 heavy (non-hydrogen) atoms. The lowest BCUT2D eigenvalue weighted by atomic mass is 10.2. The van der Waals surface area contributed by atoms with Gasteiger partial charge in [0.15, 0.2) is 0 Å². The Morgan fingerprint density at radius 3 is 2.36 bits per heavy atom. The van der Waals surface area contributed by atoms with Crippen molar-refractivity contribution in [1.29, 1.82) is 0 Å². The molecule has 0 saturated heterocycles. The maximum absolute atomic E-state index is 13.0. The molecule has 5 nitrogen and oxygen atoms in total. The number of halogens is 6. The molecule has 3 rings (SSSR count). The maximum atomic E-state index is 13.0. The van der Waals surface area contributed by atoms with Crippen LogP contribution in [-0.2, 0) is 6.18 Å². The lowest BCUT2D eigenvalue weighted by Crippen LogP contribution is -2.22. The quantitative estimate of drug-likeness (QED) is 0.293. The van der Waals surface area contributed by atoms with E-state index in [-0.39, 0.29) is 5.56 Å². The van der Waals surface area contributed by atoms with Crippen molar-refractivity contribution in [1.82, 2.24) is 9.99 Å². The Morgan fingerprint density at radius 1 is 1.00 bits per heavy atom. The van der Waals surface area contributed by atoms with Gasteiger partial charge in [-0.3, -0.25) is 4.79 Å². The van der Waals surface area contributed by atoms with E-state index in [0.717, 1.165) is 24.3 Å². The molecular formula is C22H17F6N3O2. The summed E-state index contributed by atoms with van der Waals surface area (Å²) in [6.07, 6.45) is -8.22. The van der Waals surface area contributed by atoms with Gasteiger partial charge in [0.05, 0.1) is 17.3 Å². The molecule has 3 aromatic rings. The van der Waals surface area contributed by atoms with E-state index >= 15 is 0 Å². The van der Waals surface area contributed by atoms with Gasteiger partial charge in [0, 0.05) is 22.6 Å². The second kappa shape index (κ2) is 9.00. The van der Waals surface area contributed by atoms with Gasteiger partial charge in [-0.2, -0.15) is 18.3 Å². The van der Waals surface area contributed by atoms with Crippen molar-refractivity contribution in [2.24, 2.45) is 5.10 Å². The second-order valence-corrected chi connectivity index (χ2v) is 6.95. The van der Waals surface area contributed by atoms with Gasteiger partial charge in [-0.15, -0.1) is 13.2 Å². The number of nitrogens with zero attached hydrogens (tertiary/aromatic N) is 2. The number of benzene rings is 2. The lowest BCUT2D eigenvalue weighted by Gasteiger charge is -2.13. The van der Waals surface area contributed by atoms with Crippen molar-refractivity contribution in [3.05, 3.63) is 82.7 Å². The zero-order valence-corrected chi connectivity index (χ0v) is 17.3. The fourth-order valence-electron chi connectivity index (χ4n) is 3.23. The standard InChI is InChI=1S/C22H17F6N3O2/c1-13-10-15(14(2)31(13)17-7-5-6-16(11-17)21(23,24)25)12-29-30-20(32)18-8-3-4-9-19(18)33-22(26,27)28/h3-12H,1-2H3,(H,30,32). The Kier molecular flexibility index (Phi) is 6.52. The van der Waals surface area contributed by atoms with Crippen LogP contribution in [0.2, 0.25) is 0 Å². The van der Waals surface area contributed by atoms with Gasteiger partial charge >= 0.3 is 12.5 Å². The van der Waals surface area contributed by atoms with Crippen molar-refractivity contribution in [2.75, 3.05) is 0 Å². The van der Waals surface area contributed by atoms with Crippen LogP contribution >= 0.6 is 0 Å². The first-order valence-electron chi connectivity index (χ1n) is 9.41. The van der Waals surface area contributed by atoms with Crippen LogP contribution in [0.5, 0.6) is 5.75 Å². The SMILES string of the molecule is Cc1cc(C=NNC(=O)c2ccccc2OC(F)(F)F)c(C)n1-c1cccc(C(F)(F)F)c1. The third-order valence-corrected chi connectivity index (χ3v) is 4.63. The summed E-state index contributed by atoms with van der Waals surface area (Å²) in [5.74, 6) is -1.61. The first-order chi connectivity index (χ1) is 15.4. The van der Waals surface area contributed by atoms with Crippen LogP contribution < -0.4 is 10.2 Å². The number of amides is 1.